The summed E-state index contributed by atoms with van der Waals surface area (Å²) in [6.45, 7) is 6.68. The zero-order valence-electron chi connectivity index (χ0n) is 14.5. The van der Waals surface area contributed by atoms with Gasteiger partial charge >= 0.3 is 0 Å². The summed E-state index contributed by atoms with van der Waals surface area (Å²) < 4.78 is 0. The topological polar surface area (TPSA) is 47.3 Å². The van der Waals surface area contributed by atoms with Crippen LogP contribution < -0.4 is 4.90 Å². The highest BCUT2D eigenvalue weighted by Gasteiger charge is 2.30. The molecule has 3 rings (SSSR count). The number of carbonyl (C=O) groups is 1. The van der Waals surface area contributed by atoms with Crippen molar-refractivity contribution < 1.29 is 4.79 Å². The number of piperidine rings is 1. The van der Waals surface area contributed by atoms with Gasteiger partial charge in [-0.1, -0.05) is 37.7 Å². The molecular weight excluding hydrogens is 318 g/mol. The third-order valence-corrected chi connectivity index (χ3v) is 5.89. The number of para-hydroxylation sites is 1. The van der Waals surface area contributed by atoms with E-state index in [0.717, 1.165) is 28.7 Å². The maximum atomic E-state index is 12.8. The summed E-state index contributed by atoms with van der Waals surface area (Å²) >= 11 is 1.51. The van der Waals surface area contributed by atoms with Crippen LogP contribution in [0.4, 0.5) is 5.69 Å². The predicted molar refractivity (Wildman–Crippen MR) is 97.7 cm³/mol. The summed E-state index contributed by atoms with van der Waals surface area (Å²) in [6.07, 6.45) is 1.21. The first kappa shape index (κ1) is 17.1. The molecule has 2 atom stereocenters. The van der Waals surface area contributed by atoms with Crippen molar-refractivity contribution in [3.63, 3.8) is 0 Å². The van der Waals surface area contributed by atoms with Crippen molar-refractivity contribution >= 4 is 23.2 Å². The highest BCUT2D eigenvalue weighted by atomic mass is 32.2. The summed E-state index contributed by atoms with van der Waals surface area (Å²) in [5.41, 5.74) is 1.34. The zero-order valence-corrected chi connectivity index (χ0v) is 15.3. The number of carbonyl (C=O) groups excluding carboxylic acids is 1. The van der Waals surface area contributed by atoms with Crippen molar-refractivity contribution in [2.24, 2.45) is 11.8 Å². The lowest BCUT2D eigenvalue weighted by Gasteiger charge is -2.34. The first-order valence-corrected chi connectivity index (χ1v) is 9.21. The molecule has 1 aromatic rings. The lowest BCUT2D eigenvalue weighted by Crippen LogP contribution is -2.42. The van der Waals surface area contributed by atoms with Crippen molar-refractivity contribution in [1.29, 1.82) is 5.26 Å². The van der Waals surface area contributed by atoms with Gasteiger partial charge < -0.3 is 4.90 Å². The van der Waals surface area contributed by atoms with E-state index in [4.69, 9.17) is 0 Å². The van der Waals surface area contributed by atoms with Crippen LogP contribution in [0.2, 0.25) is 0 Å². The molecule has 2 heterocycles. The van der Waals surface area contributed by atoms with E-state index < -0.39 is 0 Å². The van der Waals surface area contributed by atoms with E-state index >= 15 is 0 Å². The molecule has 1 fully saturated rings. The Bertz CT molecular complexity index is 712. The van der Waals surface area contributed by atoms with E-state index in [1.54, 1.807) is 0 Å². The number of nitriles is 1. The SMILES string of the molecule is C[C@@H]1C[C@H](C)CN(CC(=O)/C(C#N)=C2\Sc3ccccc3N2C)C1. The second-order valence-electron chi connectivity index (χ2n) is 6.98. The molecule has 0 bridgehead atoms. The third kappa shape index (κ3) is 3.35. The highest BCUT2D eigenvalue weighted by molar-refractivity contribution is 8.03. The molecule has 2 aliphatic heterocycles. The van der Waals surface area contributed by atoms with Gasteiger partial charge in [-0.2, -0.15) is 5.26 Å². The number of nitrogens with zero attached hydrogens (tertiary/aromatic N) is 3. The third-order valence-electron chi connectivity index (χ3n) is 4.65. The zero-order chi connectivity index (χ0) is 17.3. The summed E-state index contributed by atoms with van der Waals surface area (Å²) in [5, 5.41) is 10.4. The quantitative estimate of drug-likeness (QED) is 0.622. The average molecular weight is 341 g/mol. The Kier molecular flexibility index (Phi) is 4.98. The molecule has 0 aromatic heterocycles. The van der Waals surface area contributed by atoms with Gasteiger partial charge in [0.2, 0.25) is 0 Å². The van der Waals surface area contributed by atoms with E-state index in [-0.39, 0.29) is 11.4 Å². The van der Waals surface area contributed by atoms with Gasteiger partial charge in [0, 0.05) is 25.0 Å². The number of benzene rings is 1. The van der Waals surface area contributed by atoms with Gasteiger partial charge in [0.15, 0.2) is 5.78 Å². The highest BCUT2D eigenvalue weighted by Crippen LogP contribution is 2.46. The number of likely N-dealkylation sites (tertiary alicyclic amines) is 1. The molecule has 0 amide bonds. The van der Waals surface area contributed by atoms with Gasteiger partial charge in [-0.05, 0) is 30.4 Å². The van der Waals surface area contributed by atoms with E-state index in [2.05, 4.69) is 24.8 Å². The average Bonchev–Trinajstić information content (AvgIpc) is 2.84. The van der Waals surface area contributed by atoms with Crippen LogP contribution >= 0.6 is 11.8 Å². The number of fused-ring (bicyclic) bond motifs is 1. The molecular formula is C19H23N3OS. The van der Waals surface area contributed by atoms with Crippen LogP contribution in [0.1, 0.15) is 20.3 Å². The number of Topliss-reactive ketones (excluding diaryl/α,β-unsaturated/α-hetero) is 1. The largest absolute Gasteiger partial charge is 0.337 e. The molecule has 2 aliphatic rings. The Labute approximate surface area is 148 Å². The number of rotatable bonds is 3. The maximum Gasteiger partial charge on any atom is 0.190 e. The van der Waals surface area contributed by atoms with E-state index in [1.807, 2.05) is 36.2 Å². The van der Waals surface area contributed by atoms with Gasteiger partial charge in [-0.25, -0.2) is 0 Å². The Balaban J connectivity index is 1.80. The van der Waals surface area contributed by atoms with Crippen LogP contribution in [0.25, 0.3) is 0 Å². The normalized spacial score (nSPS) is 26.0. The number of anilines is 1. The fraction of sp³-hybridized carbons (Fsp3) is 0.474. The summed E-state index contributed by atoms with van der Waals surface area (Å²) in [5.74, 6) is 1.14. The molecule has 126 valence electrons. The molecule has 0 spiro atoms. The van der Waals surface area contributed by atoms with E-state index in [0.29, 0.717) is 18.4 Å². The van der Waals surface area contributed by atoms with Crippen LogP contribution in [-0.2, 0) is 4.79 Å². The van der Waals surface area contributed by atoms with Gasteiger partial charge in [-0.15, -0.1) is 0 Å². The number of hydrogen-bond donors (Lipinski definition) is 0. The van der Waals surface area contributed by atoms with Crippen molar-refractivity contribution in [2.45, 2.75) is 25.2 Å². The molecule has 0 aliphatic carbocycles. The number of ketones is 1. The Morgan fingerprint density at radius 1 is 1.29 bits per heavy atom. The molecule has 1 aromatic carbocycles. The van der Waals surface area contributed by atoms with Crippen molar-refractivity contribution in [3.05, 3.63) is 34.9 Å². The Hall–Kier alpha value is -1.77. The minimum atomic E-state index is -0.0686. The monoisotopic (exact) mass is 341 g/mol. The summed E-state index contributed by atoms with van der Waals surface area (Å²) in [6, 6.07) is 10.2. The molecule has 4 nitrogen and oxygen atoms in total. The molecule has 0 radical (unpaired) electrons. The fourth-order valence-corrected chi connectivity index (χ4v) is 4.92. The van der Waals surface area contributed by atoms with Gasteiger partial charge in [0.05, 0.1) is 12.2 Å². The van der Waals surface area contributed by atoms with E-state index in [1.165, 1.54) is 18.2 Å². The summed E-state index contributed by atoms with van der Waals surface area (Å²) in [7, 11) is 1.92. The second kappa shape index (κ2) is 7.00. The van der Waals surface area contributed by atoms with Gasteiger partial charge in [0.25, 0.3) is 0 Å². The molecule has 0 N–H and O–H groups in total. The minimum Gasteiger partial charge on any atom is -0.337 e. The van der Waals surface area contributed by atoms with Crippen LogP contribution in [0.5, 0.6) is 0 Å². The van der Waals surface area contributed by atoms with Crippen LogP contribution in [0.15, 0.2) is 39.8 Å². The van der Waals surface area contributed by atoms with Crippen molar-refractivity contribution in [1.82, 2.24) is 4.90 Å². The molecule has 0 unspecified atom stereocenters. The minimum absolute atomic E-state index is 0.0686. The van der Waals surface area contributed by atoms with Crippen molar-refractivity contribution in [3.8, 4) is 6.07 Å². The lowest BCUT2D eigenvalue weighted by atomic mass is 9.91. The van der Waals surface area contributed by atoms with Crippen LogP contribution in [0, 0.1) is 23.2 Å². The van der Waals surface area contributed by atoms with Crippen LogP contribution in [-0.4, -0.2) is 37.4 Å². The first-order valence-electron chi connectivity index (χ1n) is 8.40. The fourth-order valence-electron chi connectivity index (χ4n) is 3.75. The number of thioether (sulfide) groups is 1. The number of hydrogen-bond acceptors (Lipinski definition) is 5. The predicted octanol–water partition coefficient (Wildman–Crippen LogP) is 3.51. The van der Waals surface area contributed by atoms with Gasteiger partial charge in [-0.3, -0.25) is 9.69 Å². The van der Waals surface area contributed by atoms with Crippen LogP contribution in [0.3, 0.4) is 0 Å². The maximum absolute atomic E-state index is 12.8. The van der Waals surface area contributed by atoms with E-state index in [9.17, 15) is 10.1 Å². The second-order valence-corrected chi connectivity index (χ2v) is 8.01. The first-order chi connectivity index (χ1) is 11.5. The lowest BCUT2D eigenvalue weighted by molar-refractivity contribution is -0.116. The molecule has 5 heteroatoms. The Morgan fingerprint density at radius 2 is 1.96 bits per heavy atom. The molecule has 0 saturated carbocycles. The Morgan fingerprint density at radius 3 is 2.58 bits per heavy atom. The smallest absolute Gasteiger partial charge is 0.190 e. The standard InChI is InChI=1S/C19H23N3OS/c1-13-8-14(2)11-22(10-13)12-17(23)15(9-20)19-21(3)16-6-4-5-7-18(16)24-19/h4-7,13-14H,8,10-12H2,1-3H3/b19-15-/t13-,14+. The van der Waals surface area contributed by atoms with Gasteiger partial charge in [0.1, 0.15) is 16.7 Å². The molecule has 1 saturated heterocycles. The molecule has 24 heavy (non-hydrogen) atoms. The summed E-state index contributed by atoms with van der Waals surface area (Å²) in [4.78, 5) is 18.0. The van der Waals surface area contributed by atoms with Crippen molar-refractivity contribution in [2.75, 3.05) is 31.6 Å².